The Kier molecular flexibility index (Phi) is 6.06. The maximum absolute atomic E-state index is 12.2. The Labute approximate surface area is 111 Å². The highest BCUT2D eigenvalue weighted by molar-refractivity contribution is 5.72. The molecule has 7 heteroatoms. The number of nitrogens with zero attached hydrogens (tertiary/aromatic N) is 1. The Morgan fingerprint density at radius 3 is 2.63 bits per heavy atom. The normalized spacial score (nSPS) is 25.3. The molecule has 1 saturated heterocycles. The van der Waals surface area contributed by atoms with Crippen LogP contribution in [-0.2, 0) is 9.53 Å². The average molecular weight is 282 g/mol. The van der Waals surface area contributed by atoms with Crippen molar-refractivity contribution in [2.45, 2.75) is 32.0 Å². The van der Waals surface area contributed by atoms with Crippen molar-refractivity contribution in [1.29, 1.82) is 0 Å². The second-order valence-electron chi connectivity index (χ2n) is 4.91. The summed E-state index contributed by atoms with van der Waals surface area (Å²) in [6, 6.07) is -0.328. The number of esters is 1. The van der Waals surface area contributed by atoms with Crippen LogP contribution in [0.1, 0.15) is 19.8 Å². The Balaban J connectivity index is 2.57. The number of nitrogens with one attached hydrogen (secondary N) is 1. The maximum Gasteiger partial charge on any atom is 0.401 e. The first-order valence-electron chi connectivity index (χ1n) is 6.46. The molecule has 0 spiro atoms. The molecule has 2 unspecified atom stereocenters. The molecule has 1 fully saturated rings. The lowest BCUT2D eigenvalue weighted by Gasteiger charge is -2.37. The summed E-state index contributed by atoms with van der Waals surface area (Å²) < 4.78 is 41.3. The molecule has 1 N–H and O–H groups in total. The summed E-state index contributed by atoms with van der Waals surface area (Å²) in [6.07, 6.45) is -2.93. The summed E-state index contributed by atoms with van der Waals surface area (Å²) in [5.74, 6) is -0.698. The van der Waals surface area contributed by atoms with E-state index in [1.54, 1.807) is 0 Å². The molecule has 0 aliphatic carbocycles. The summed E-state index contributed by atoms with van der Waals surface area (Å²) in [5, 5.41) is 2.48. The van der Waals surface area contributed by atoms with E-state index in [4.69, 9.17) is 4.74 Å². The van der Waals surface area contributed by atoms with Crippen molar-refractivity contribution >= 4 is 5.97 Å². The van der Waals surface area contributed by atoms with E-state index in [-0.39, 0.29) is 17.9 Å². The quantitative estimate of drug-likeness (QED) is 0.774. The second-order valence-corrected chi connectivity index (χ2v) is 4.91. The van der Waals surface area contributed by atoms with Crippen molar-refractivity contribution in [2.24, 2.45) is 5.92 Å². The van der Waals surface area contributed by atoms with Gasteiger partial charge in [-0.1, -0.05) is 6.92 Å². The Morgan fingerprint density at radius 2 is 2.11 bits per heavy atom. The molecule has 1 aliphatic heterocycles. The fourth-order valence-electron chi connectivity index (χ4n) is 2.43. The number of likely N-dealkylation sites (tertiary alicyclic amines) is 1. The molecule has 2 atom stereocenters. The van der Waals surface area contributed by atoms with E-state index in [2.05, 4.69) is 5.32 Å². The van der Waals surface area contributed by atoms with Gasteiger partial charge in [-0.3, -0.25) is 4.79 Å². The van der Waals surface area contributed by atoms with E-state index in [0.29, 0.717) is 19.5 Å². The lowest BCUT2D eigenvalue weighted by atomic mass is 9.94. The molecule has 0 amide bonds. The minimum Gasteiger partial charge on any atom is -0.469 e. The van der Waals surface area contributed by atoms with Gasteiger partial charge in [0.1, 0.15) is 0 Å². The van der Waals surface area contributed by atoms with Gasteiger partial charge < -0.3 is 15.0 Å². The zero-order chi connectivity index (χ0) is 14.5. The monoisotopic (exact) mass is 282 g/mol. The highest BCUT2D eigenvalue weighted by atomic mass is 19.4. The van der Waals surface area contributed by atoms with Gasteiger partial charge in [-0.25, -0.2) is 0 Å². The molecule has 1 heterocycles. The highest BCUT2D eigenvalue weighted by Crippen LogP contribution is 2.20. The lowest BCUT2D eigenvalue weighted by Crippen LogP contribution is -2.52. The SMILES string of the molecule is CCCN1CC(NCC(F)(F)F)CC(C(=O)OC)C1. The highest BCUT2D eigenvalue weighted by Gasteiger charge is 2.34. The van der Waals surface area contributed by atoms with Crippen molar-refractivity contribution < 1.29 is 22.7 Å². The largest absolute Gasteiger partial charge is 0.469 e. The summed E-state index contributed by atoms with van der Waals surface area (Å²) in [6.45, 7) is 2.85. The van der Waals surface area contributed by atoms with Crippen LogP contribution in [0.15, 0.2) is 0 Å². The van der Waals surface area contributed by atoms with E-state index < -0.39 is 12.7 Å². The molecular weight excluding hydrogens is 261 g/mol. The van der Waals surface area contributed by atoms with E-state index in [9.17, 15) is 18.0 Å². The number of hydrogen-bond acceptors (Lipinski definition) is 4. The number of rotatable bonds is 5. The van der Waals surface area contributed by atoms with Crippen LogP contribution in [0.5, 0.6) is 0 Å². The van der Waals surface area contributed by atoms with Crippen molar-refractivity contribution in [3.63, 3.8) is 0 Å². The van der Waals surface area contributed by atoms with Crippen LogP contribution in [0, 0.1) is 5.92 Å². The Morgan fingerprint density at radius 1 is 1.42 bits per heavy atom. The van der Waals surface area contributed by atoms with E-state index >= 15 is 0 Å². The van der Waals surface area contributed by atoms with Crippen molar-refractivity contribution in [3.8, 4) is 0 Å². The van der Waals surface area contributed by atoms with Crippen LogP contribution in [0.4, 0.5) is 13.2 Å². The molecule has 19 heavy (non-hydrogen) atoms. The van der Waals surface area contributed by atoms with Crippen molar-refractivity contribution in [3.05, 3.63) is 0 Å². The summed E-state index contributed by atoms with van der Waals surface area (Å²) in [5.41, 5.74) is 0. The first-order valence-corrected chi connectivity index (χ1v) is 6.46. The number of methoxy groups -OCH3 is 1. The van der Waals surface area contributed by atoms with Gasteiger partial charge in [0.25, 0.3) is 0 Å². The molecule has 0 saturated carbocycles. The van der Waals surface area contributed by atoms with Crippen LogP contribution in [0.3, 0.4) is 0 Å². The predicted molar refractivity (Wildman–Crippen MR) is 64.7 cm³/mol. The molecule has 4 nitrogen and oxygen atoms in total. The second kappa shape index (κ2) is 7.09. The minimum absolute atomic E-state index is 0.328. The van der Waals surface area contributed by atoms with Gasteiger partial charge in [0.2, 0.25) is 0 Å². The third-order valence-electron chi connectivity index (χ3n) is 3.19. The van der Waals surface area contributed by atoms with Gasteiger partial charge in [-0.15, -0.1) is 0 Å². The standard InChI is InChI=1S/C12H21F3N2O2/c1-3-4-17-6-9(11(18)19-2)5-10(7-17)16-8-12(13,14)15/h9-10,16H,3-8H2,1-2H3. The van der Waals surface area contributed by atoms with Gasteiger partial charge >= 0.3 is 12.1 Å². The van der Waals surface area contributed by atoms with Crippen LogP contribution in [-0.4, -0.2) is 56.4 Å². The minimum atomic E-state index is -4.23. The van der Waals surface area contributed by atoms with Crippen LogP contribution in [0.2, 0.25) is 0 Å². The van der Waals surface area contributed by atoms with Crippen LogP contribution in [0.25, 0.3) is 0 Å². The summed E-state index contributed by atoms with van der Waals surface area (Å²) in [4.78, 5) is 13.6. The lowest BCUT2D eigenvalue weighted by molar-refractivity contribution is -0.148. The zero-order valence-corrected chi connectivity index (χ0v) is 11.3. The van der Waals surface area contributed by atoms with Gasteiger partial charge in [0, 0.05) is 19.1 Å². The average Bonchev–Trinajstić information content (AvgIpc) is 2.35. The van der Waals surface area contributed by atoms with E-state index in [1.165, 1.54) is 7.11 Å². The fourth-order valence-corrected chi connectivity index (χ4v) is 2.43. The molecule has 0 radical (unpaired) electrons. The number of halogens is 3. The van der Waals surface area contributed by atoms with Crippen LogP contribution < -0.4 is 5.32 Å². The number of ether oxygens (including phenoxy) is 1. The fraction of sp³-hybridized carbons (Fsp3) is 0.917. The molecule has 112 valence electrons. The molecule has 0 aromatic rings. The number of alkyl halides is 3. The van der Waals surface area contributed by atoms with Crippen molar-refractivity contribution in [2.75, 3.05) is 33.3 Å². The third kappa shape index (κ3) is 5.78. The van der Waals surface area contributed by atoms with Gasteiger partial charge in [0.15, 0.2) is 0 Å². The Bertz CT molecular complexity index is 297. The summed E-state index contributed by atoms with van der Waals surface area (Å²) in [7, 11) is 1.30. The molecule has 1 rings (SSSR count). The zero-order valence-electron chi connectivity index (χ0n) is 11.3. The van der Waals surface area contributed by atoms with Gasteiger partial charge in [-0.05, 0) is 19.4 Å². The third-order valence-corrected chi connectivity index (χ3v) is 3.19. The Hall–Kier alpha value is -0.820. The molecular formula is C12H21F3N2O2. The molecule has 0 aromatic carbocycles. The number of piperidine rings is 1. The maximum atomic E-state index is 12.2. The number of carbonyl (C=O) groups excluding carboxylic acids is 1. The summed E-state index contributed by atoms with van der Waals surface area (Å²) >= 11 is 0. The number of carbonyl (C=O) groups is 1. The molecule has 0 aromatic heterocycles. The van der Waals surface area contributed by atoms with Crippen LogP contribution >= 0.6 is 0 Å². The first-order chi connectivity index (χ1) is 8.85. The first kappa shape index (κ1) is 16.2. The molecule has 0 bridgehead atoms. The predicted octanol–water partition coefficient (Wildman–Crippen LogP) is 1.41. The van der Waals surface area contributed by atoms with Crippen molar-refractivity contribution in [1.82, 2.24) is 10.2 Å². The van der Waals surface area contributed by atoms with E-state index in [0.717, 1.165) is 13.0 Å². The van der Waals surface area contributed by atoms with E-state index in [1.807, 2.05) is 11.8 Å². The molecule has 1 aliphatic rings. The van der Waals surface area contributed by atoms with Gasteiger partial charge in [0.05, 0.1) is 19.6 Å². The topological polar surface area (TPSA) is 41.6 Å². The number of hydrogen-bond donors (Lipinski definition) is 1. The van der Waals surface area contributed by atoms with Gasteiger partial charge in [-0.2, -0.15) is 13.2 Å². The smallest absolute Gasteiger partial charge is 0.401 e.